The highest BCUT2D eigenvalue weighted by molar-refractivity contribution is 6.17. The monoisotopic (exact) mass is 725 g/mol. The fraction of sp³-hybridized carbons (Fsp3) is 0.325. The number of benzene rings is 3. The van der Waals surface area contributed by atoms with E-state index in [0.717, 1.165) is 22.4 Å². The van der Waals surface area contributed by atoms with Crippen LogP contribution < -0.4 is 45.5 Å². The molecule has 0 saturated heterocycles. The fourth-order valence-electron chi connectivity index (χ4n) is 6.63. The second-order valence-corrected chi connectivity index (χ2v) is 13.3. The summed E-state index contributed by atoms with van der Waals surface area (Å²) in [7, 11) is 6.06. The Kier molecular flexibility index (Phi) is 10.2. The maximum Gasteiger partial charge on any atom is 0.361 e. The topological polar surface area (TPSA) is 177 Å². The predicted molar refractivity (Wildman–Crippen MR) is 200 cm³/mol. The highest BCUT2D eigenvalue weighted by Gasteiger charge is 2.32. The normalized spacial score (nSPS) is 13.2. The maximum atomic E-state index is 14.1. The molecule has 0 amide bonds. The minimum atomic E-state index is -1.02. The molecule has 3 heterocycles. The number of fused-ring (bicyclic) bond motifs is 7. The summed E-state index contributed by atoms with van der Waals surface area (Å²) in [5.74, 6) is 0.341. The minimum Gasteiger partial charge on any atom is -0.493 e. The van der Waals surface area contributed by atoms with Crippen molar-refractivity contribution in [3.63, 3.8) is 0 Å². The average Bonchev–Trinajstić information content (AvgIpc) is 3.50. The van der Waals surface area contributed by atoms with E-state index in [-0.39, 0.29) is 34.5 Å². The van der Waals surface area contributed by atoms with Gasteiger partial charge < -0.3 is 48.9 Å². The third kappa shape index (κ3) is 6.69. The van der Waals surface area contributed by atoms with Crippen LogP contribution in [0.15, 0.2) is 63.3 Å². The highest BCUT2D eigenvalue weighted by Crippen LogP contribution is 2.50. The Morgan fingerprint density at radius 2 is 1.43 bits per heavy atom. The van der Waals surface area contributed by atoms with Crippen LogP contribution in [0.3, 0.4) is 0 Å². The van der Waals surface area contributed by atoms with Crippen LogP contribution in [0.25, 0.3) is 44.3 Å². The van der Waals surface area contributed by atoms with E-state index in [1.807, 2.05) is 44.4 Å². The molecule has 0 radical (unpaired) electrons. The molecule has 278 valence electrons. The van der Waals surface area contributed by atoms with E-state index in [1.54, 1.807) is 44.6 Å². The number of rotatable bonds is 11. The SMILES string of the molecule is COc1cc2c(cc1OC)-c1c(-c3ccc(OC(=O)[C@@H](N)C(C)C)c(OC)c3)c3c4cc(OC)c(OC(=O)[C@@H](N)C=C(C)C)cc4oc(=O)c3n1CC2. The van der Waals surface area contributed by atoms with Crippen LogP contribution in [0.2, 0.25) is 0 Å². The molecule has 1 aliphatic heterocycles. The number of aryl methyl sites for hydroxylation is 2. The van der Waals surface area contributed by atoms with Gasteiger partial charge in [-0.3, -0.25) is 0 Å². The molecule has 4 N–H and O–H groups in total. The number of esters is 2. The van der Waals surface area contributed by atoms with Gasteiger partial charge in [-0.2, -0.15) is 0 Å². The highest BCUT2D eigenvalue weighted by atomic mass is 16.6. The largest absolute Gasteiger partial charge is 0.493 e. The van der Waals surface area contributed by atoms with Crippen LogP contribution in [-0.2, 0) is 22.6 Å². The first kappa shape index (κ1) is 37.0. The summed E-state index contributed by atoms with van der Waals surface area (Å²) < 4.78 is 42.0. The molecule has 6 rings (SSSR count). The molecule has 13 nitrogen and oxygen atoms in total. The number of carbonyl (C=O) groups is 2. The van der Waals surface area contributed by atoms with Crippen LogP contribution in [-0.4, -0.2) is 57.0 Å². The number of nitrogens with zero attached hydrogens (tertiary/aromatic N) is 1. The van der Waals surface area contributed by atoms with Crippen molar-refractivity contribution in [2.24, 2.45) is 17.4 Å². The smallest absolute Gasteiger partial charge is 0.361 e. The fourth-order valence-corrected chi connectivity index (χ4v) is 6.63. The van der Waals surface area contributed by atoms with Crippen LogP contribution >= 0.6 is 0 Å². The number of ether oxygens (including phenoxy) is 6. The number of hydrogen-bond donors (Lipinski definition) is 2. The van der Waals surface area contributed by atoms with Crippen molar-refractivity contribution in [2.45, 2.75) is 52.7 Å². The molecule has 13 heteroatoms. The molecule has 2 atom stereocenters. The molecule has 3 aromatic carbocycles. The molecular formula is C40H43N3O10. The molecule has 0 spiro atoms. The summed E-state index contributed by atoms with van der Waals surface area (Å²) in [5, 5.41) is 1.07. The van der Waals surface area contributed by atoms with E-state index in [4.69, 9.17) is 44.3 Å². The quantitative estimate of drug-likeness (QED) is 0.0730. The zero-order chi connectivity index (χ0) is 38.3. The van der Waals surface area contributed by atoms with Crippen LogP contribution in [0.5, 0.6) is 34.5 Å². The number of aromatic nitrogens is 1. The lowest BCUT2D eigenvalue weighted by Crippen LogP contribution is -2.38. The van der Waals surface area contributed by atoms with Gasteiger partial charge in [0, 0.05) is 34.5 Å². The third-order valence-electron chi connectivity index (χ3n) is 9.31. The second kappa shape index (κ2) is 14.7. The summed E-state index contributed by atoms with van der Waals surface area (Å²) >= 11 is 0. The van der Waals surface area contributed by atoms with E-state index in [9.17, 15) is 14.4 Å². The lowest BCUT2D eigenvalue weighted by Gasteiger charge is -2.23. The minimum absolute atomic E-state index is 0.0326. The number of hydrogen-bond acceptors (Lipinski definition) is 12. The van der Waals surface area contributed by atoms with Gasteiger partial charge in [-0.25, -0.2) is 14.4 Å². The van der Waals surface area contributed by atoms with Gasteiger partial charge in [0.05, 0.1) is 34.1 Å². The van der Waals surface area contributed by atoms with Gasteiger partial charge >= 0.3 is 17.6 Å². The van der Waals surface area contributed by atoms with Crippen molar-refractivity contribution in [3.8, 4) is 56.9 Å². The number of methoxy groups -OCH3 is 4. The predicted octanol–water partition coefficient (Wildman–Crippen LogP) is 5.76. The zero-order valence-corrected chi connectivity index (χ0v) is 30.9. The van der Waals surface area contributed by atoms with E-state index in [0.29, 0.717) is 51.9 Å². The Labute approximate surface area is 305 Å². The molecule has 0 unspecified atom stereocenters. The van der Waals surface area contributed by atoms with Crippen molar-refractivity contribution in [1.82, 2.24) is 4.57 Å². The summed E-state index contributed by atoms with van der Waals surface area (Å²) in [4.78, 5) is 39.9. The molecule has 2 aromatic heterocycles. The summed E-state index contributed by atoms with van der Waals surface area (Å²) in [6, 6.07) is 10.2. The van der Waals surface area contributed by atoms with Crippen LogP contribution in [0, 0.1) is 5.92 Å². The Hall–Kier alpha value is -5.79. The van der Waals surface area contributed by atoms with Gasteiger partial charge in [0.25, 0.3) is 0 Å². The van der Waals surface area contributed by atoms with Crippen molar-refractivity contribution >= 4 is 33.8 Å². The van der Waals surface area contributed by atoms with Gasteiger partial charge in [0.15, 0.2) is 34.5 Å². The van der Waals surface area contributed by atoms with Crippen LogP contribution in [0.1, 0.15) is 33.3 Å². The number of carbonyl (C=O) groups excluding carboxylic acids is 2. The molecule has 1 aliphatic rings. The van der Waals surface area contributed by atoms with E-state index >= 15 is 0 Å². The van der Waals surface area contributed by atoms with Gasteiger partial charge in [-0.1, -0.05) is 31.6 Å². The van der Waals surface area contributed by atoms with Gasteiger partial charge in [-0.05, 0) is 67.6 Å². The van der Waals surface area contributed by atoms with E-state index in [1.165, 1.54) is 20.3 Å². The van der Waals surface area contributed by atoms with Crippen LogP contribution in [0.4, 0.5) is 0 Å². The van der Waals surface area contributed by atoms with Gasteiger partial charge in [0.1, 0.15) is 23.2 Å². The van der Waals surface area contributed by atoms with E-state index in [2.05, 4.69) is 0 Å². The maximum absolute atomic E-state index is 14.1. The van der Waals surface area contributed by atoms with Gasteiger partial charge in [-0.15, -0.1) is 0 Å². The summed E-state index contributed by atoms with van der Waals surface area (Å²) in [6.07, 6.45) is 2.17. The Morgan fingerprint density at radius 3 is 2.08 bits per heavy atom. The van der Waals surface area contributed by atoms with Crippen molar-refractivity contribution in [3.05, 3.63) is 70.1 Å². The Bertz CT molecular complexity index is 2350. The number of nitrogens with two attached hydrogens (primary N) is 2. The molecule has 0 saturated carbocycles. The van der Waals surface area contributed by atoms with Crippen molar-refractivity contribution in [2.75, 3.05) is 28.4 Å². The third-order valence-corrected chi connectivity index (χ3v) is 9.31. The first-order chi connectivity index (χ1) is 25.3. The Balaban J connectivity index is 1.66. The molecule has 53 heavy (non-hydrogen) atoms. The van der Waals surface area contributed by atoms with Crippen molar-refractivity contribution < 1.29 is 42.4 Å². The first-order valence-electron chi connectivity index (χ1n) is 17.1. The van der Waals surface area contributed by atoms with Gasteiger partial charge in [0.2, 0.25) is 0 Å². The number of allylic oxidation sites excluding steroid dienone is 1. The lowest BCUT2D eigenvalue weighted by molar-refractivity contribution is -0.137. The molecular weight excluding hydrogens is 682 g/mol. The summed E-state index contributed by atoms with van der Waals surface area (Å²) in [6.45, 7) is 7.75. The van der Waals surface area contributed by atoms with Crippen molar-refractivity contribution in [1.29, 1.82) is 0 Å². The lowest BCUT2D eigenvalue weighted by atomic mass is 9.91. The zero-order valence-electron chi connectivity index (χ0n) is 30.9. The average molecular weight is 726 g/mol. The second-order valence-electron chi connectivity index (χ2n) is 13.3. The Morgan fingerprint density at radius 1 is 0.811 bits per heavy atom. The molecule has 0 fully saturated rings. The standard InChI is InChI=1S/C40H43N3O10/c1-19(2)13-25(41)38(44)53-32-18-27-24(17-31(32)50-8)34-33(22-9-10-26(28(15-22)47-5)51-39(45)35(42)20(3)4)36-23-16-30(49-7)29(48-6)14-21(23)11-12-43(36)37(34)40(46)52-27/h9-10,13-18,20,25,35H,11-12,41-42H2,1-8H3/t25-,35-/m0/s1. The summed E-state index contributed by atoms with van der Waals surface area (Å²) in [5.41, 5.74) is 16.7. The molecule has 0 aliphatic carbocycles. The van der Waals surface area contributed by atoms with E-state index < -0.39 is 29.6 Å². The molecule has 0 bridgehead atoms. The molecule has 5 aromatic rings. The first-order valence-corrected chi connectivity index (χ1v) is 17.1.